The normalized spacial score (nSPS) is 8.75. The molecule has 1 aromatic rings. The molecule has 0 bridgehead atoms. The Hall–Kier alpha value is -1.18. The number of ether oxygens (including phenoxy) is 1. The number of carbonyl (C=O) groups excluding carboxylic acids is 1. The van der Waals surface area contributed by atoms with Crippen LogP contribution in [0.4, 0.5) is 0 Å². The maximum absolute atomic E-state index is 9.87. The Bertz CT molecular complexity index is 303. The molecular formula is C9H8O2S. The molecule has 0 heterocycles. The van der Waals surface area contributed by atoms with Crippen molar-refractivity contribution in [3.8, 4) is 5.75 Å². The lowest BCUT2D eigenvalue weighted by Crippen LogP contribution is -1.84. The Kier molecular flexibility index (Phi) is 3.45. The third kappa shape index (κ3) is 2.16. The molecule has 0 aliphatic carbocycles. The highest BCUT2D eigenvalue weighted by atomic mass is 32.2. The summed E-state index contributed by atoms with van der Waals surface area (Å²) in [5.74, 6) is 2.25. The molecule has 0 saturated heterocycles. The summed E-state index contributed by atoms with van der Waals surface area (Å²) in [4.78, 5) is 10.9. The Morgan fingerprint density at radius 2 is 2.25 bits per heavy atom. The van der Waals surface area contributed by atoms with Crippen LogP contribution in [-0.2, 0) is 4.79 Å². The van der Waals surface area contributed by atoms with Crippen LogP contribution in [-0.4, -0.2) is 12.2 Å². The number of hydrogen-bond acceptors (Lipinski definition) is 3. The van der Waals surface area contributed by atoms with Crippen molar-refractivity contribution in [2.75, 3.05) is 6.26 Å². The zero-order valence-corrected chi connectivity index (χ0v) is 7.43. The van der Waals surface area contributed by atoms with Gasteiger partial charge in [0.1, 0.15) is 5.75 Å². The van der Waals surface area contributed by atoms with Gasteiger partial charge in [0.05, 0.1) is 0 Å². The largest absolute Gasteiger partial charge is 0.452 e. The standard InChI is InChI=1S/C9H8O2S/c1-12-9-5-3-2-4-8(9)11-7-6-10/h2-5,7H,1H3. The van der Waals surface area contributed by atoms with Crippen molar-refractivity contribution in [3.05, 3.63) is 30.5 Å². The first-order chi connectivity index (χ1) is 5.88. The number of hydrogen-bond donors (Lipinski definition) is 0. The van der Waals surface area contributed by atoms with E-state index in [0.29, 0.717) is 5.75 Å². The van der Waals surface area contributed by atoms with E-state index in [-0.39, 0.29) is 0 Å². The van der Waals surface area contributed by atoms with Crippen LogP contribution in [0.2, 0.25) is 0 Å². The number of rotatable bonds is 3. The highest BCUT2D eigenvalue weighted by Crippen LogP contribution is 2.26. The van der Waals surface area contributed by atoms with Crippen molar-refractivity contribution < 1.29 is 9.53 Å². The summed E-state index contributed by atoms with van der Waals surface area (Å²) in [5.41, 5.74) is 0. The summed E-state index contributed by atoms with van der Waals surface area (Å²) in [6.07, 6.45) is 2.96. The lowest BCUT2D eigenvalue weighted by atomic mass is 10.3. The van der Waals surface area contributed by atoms with E-state index in [2.05, 4.69) is 0 Å². The predicted octanol–water partition coefficient (Wildman–Crippen LogP) is 2.13. The average Bonchev–Trinajstić information content (AvgIpc) is 2.15. The van der Waals surface area contributed by atoms with Crippen molar-refractivity contribution in [2.24, 2.45) is 0 Å². The van der Waals surface area contributed by atoms with E-state index in [1.807, 2.05) is 24.5 Å². The summed E-state index contributed by atoms with van der Waals surface area (Å²) < 4.78 is 5.01. The monoisotopic (exact) mass is 180 g/mol. The van der Waals surface area contributed by atoms with E-state index in [0.717, 1.165) is 11.2 Å². The van der Waals surface area contributed by atoms with E-state index >= 15 is 0 Å². The first-order valence-electron chi connectivity index (χ1n) is 3.37. The SMILES string of the molecule is CSc1ccccc1OC=C=O. The molecule has 3 heteroatoms. The minimum absolute atomic E-state index is 0.688. The summed E-state index contributed by atoms with van der Waals surface area (Å²) in [6.45, 7) is 0. The van der Waals surface area contributed by atoms with Crippen LogP contribution in [0, 0.1) is 0 Å². The fourth-order valence-electron chi connectivity index (χ4n) is 0.804. The van der Waals surface area contributed by atoms with Crippen molar-refractivity contribution >= 4 is 17.7 Å². The second-order valence-electron chi connectivity index (χ2n) is 2.00. The Balaban J connectivity index is 2.88. The molecule has 0 aliphatic rings. The summed E-state index contributed by atoms with van der Waals surface area (Å²) in [5, 5.41) is 0. The molecule has 0 amide bonds. The lowest BCUT2D eigenvalue weighted by molar-refractivity contribution is 0.466. The van der Waals surface area contributed by atoms with Gasteiger partial charge < -0.3 is 4.74 Å². The van der Waals surface area contributed by atoms with Gasteiger partial charge in [-0.1, -0.05) is 12.1 Å². The van der Waals surface area contributed by atoms with Gasteiger partial charge in [-0.05, 0) is 18.4 Å². The number of thioether (sulfide) groups is 1. The topological polar surface area (TPSA) is 26.3 Å². The molecule has 0 unspecified atom stereocenters. The van der Waals surface area contributed by atoms with Gasteiger partial charge in [-0.25, -0.2) is 4.79 Å². The minimum Gasteiger partial charge on any atom is -0.452 e. The molecule has 1 aromatic carbocycles. The molecule has 0 spiro atoms. The van der Waals surface area contributed by atoms with Crippen molar-refractivity contribution in [3.63, 3.8) is 0 Å². The van der Waals surface area contributed by atoms with Gasteiger partial charge >= 0.3 is 0 Å². The van der Waals surface area contributed by atoms with Crippen molar-refractivity contribution in [1.29, 1.82) is 0 Å². The summed E-state index contributed by atoms with van der Waals surface area (Å²) in [7, 11) is 0. The molecule has 0 aromatic heterocycles. The van der Waals surface area contributed by atoms with Gasteiger partial charge in [-0.15, -0.1) is 11.8 Å². The van der Waals surface area contributed by atoms with Crippen LogP contribution >= 0.6 is 11.8 Å². The van der Waals surface area contributed by atoms with Gasteiger partial charge in [0.15, 0.2) is 12.2 Å². The maximum Gasteiger partial charge on any atom is 0.174 e. The van der Waals surface area contributed by atoms with Crippen LogP contribution in [0.25, 0.3) is 0 Å². The Morgan fingerprint density at radius 3 is 2.92 bits per heavy atom. The van der Waals surface area contributed by atoms with Gasteiger partial charge in [-0.3, -0.25) is 0 Å². The van der Waals surface area contributed by atoms with Gasteiger partial charge in [0, 0.05) is 4.90 Å². The fraction of sp³-hybridized carbons (Fsp3) is 0.111. The fourth-order valence-corrected chi connectivity index (χ4v) is 1.34. The Labute approximate surface area is 75.2 Å². The van der Waals surface area contributed by atoms with E-state index in [1.54, 1.807) is 23.8 Å². The molecule has 62 valence electrons. The minimum atomic E-state index is 0.688. The van der Waals surface area contributed by atoms with Gasteiger partial charge in [0.2, 0.25) is 0 Å². The summed E-state index contributed by atoms with van der Waals surface area (Å²) in [6, 6.07) is 7.51. The highest BCUT2D eigenvalue weighted by Gasteiger charge is 1.98. The number of para-hydroxylation sites is 1. The van der Waals surface area contributed by atoms with Crippen molar-refractivity contribution in [1.82, 2.24) is 0 Å². The van der Waals surface area contributed by atoms with Gasteiger partial charge in [-0.2, -0.15) is 0 Å². The second kappa shape index (κ2) is 4.65. The molecule has 0 radical (unpaired) electrons. The lowest BCUT2D eigenvalue weighted by Gasteiger charge is -2.02. The van der Waals surface area contributed by atoms with Crippen LogP contribution in [0.5, 0.6) is 5.75 Å². The average molecular weight is 180 g/mol. The van der Waals surface area contributed by atoms with E-state index in [9.17, 15) is 4.79 Å². The maximum atomic E-state index is 9.87. The second-order valence-corrected chi connectivity index (χ2v) is 2.85. The molecule has 0 aliphatic heterocycles. The molecule has 1 rings (SSSR count). The first kappa shape index (κ1) is 8.91. The van der Waals surface area contributed by atoms with Crippen LogP contribution in [0.15, 0.2) is 35.4 Å². The van der Waals surface area contributed by atoms with E-state index < -0.39 is 0 Å². The molecule has 0 saturated carbocycles. The number of benzene rings is 1. The van der Waals surface area contributed by atoms with Crippen LogP contribution in [0.1, 0.15) is 0 Å². The molecule has 0 N–H and O–H groups in total. The highest BCUT2D eigenvalue weighted by molar-refractivity contribution is 7.98. The third-order valence-electron chi connectivity index (χ3n) is 1.30. The summed E-state index contributed by atoms with van der Waals surface area (Å²) >= 11 is 1.57. The zero-order valence-electron chi connectivity index (χ0n) is 6.61. The molecule has 12 heavy (non-hydrogen) atoms. The molecular weight excluding hydrogens is 172 g/mol. The van der Waals surface area contributed by atoms with E-state index in [1.165, 1.54) is 0 Å². The third-order valence-corrected chi connectivity index (χ3v) is 2.08. The molecule has 2 nitrogen and oxygen atoms in total. The van der Waals surface area contributed by atoms with Crippen molar-refractivity contribution in [2.45, 2.75) is 4.90 Å². The zero-order chi connectivity index (χ0) is 8.81. The van der Waals surface area contributed by atoms with Crippen LogP contribution < -0.4 is 4.74 Å². The quantitative estimate of drug-likeness (QED) is 0.405. The molecule has 0 fully saturated rings. The van der Waals surface area contributed by atoms with Gasteiger partial charge in [0.25, 0.3) is 0 Å². The smallest absolute Gasteiger partial charge is 0.174 e. The predicted molar refractivity (Wildman–Crippen MR) is 49.1 cm³/mol. The first-order valence-corrected chi connectivity index (χ1v) is 4.60. The Morgan fingerprint density at radius 1 is 1.50 bits per heavy atom. The van der Waals surface area contributed by atoms with E-state index in [4.69, 9.17) is 4.74 Å². The van der Waals surface area contributed by atoms with Crippen LogP contribution in [0.3, 0.4) is 0 Å². The molecule has 0 atom stereocenters.